The zero-order chi connectivity index (χ0) is 18.0. The minimum Gasteiger partial charge on any atom is -0.475 e. The summed E-state index contributed by atoms with van der Waals surface area (Å²) in [6.45, 7) is 8.73. The summed E-state index contributed by atoms with van der Waals surface area (Å²) in [5, 5.41) is 18.0. The van der Waals surface area contributed by atoms with Gasteiger partial charge in [0.1, 0.15) is 5.69 Å². The number of ether oxygens (including phenoxy) is 1. The van der Waals surface area contributed by atoms with Gasteiger partial charge in [-0.2, -0.15) is 5.10 Å². The van der Waals surface area contributed by atoms with Gasteiger partial charge in [-0.1, -0.05) is 20.8 Å². The zero-order valence-electron chi connectivity index (χ0n) is 14.7. The lowest BCUT2D eigenvalue weighted by Gasteiger charge is -2.14. The first-order valence-electron chi connectivity index (χ1n) is 8.05. The fourth-order valence-electron chi connectivity index (χ4n) is 2.28. The Kier molecular flexibility index (Phi) is 4.39. The highest BCUT2D eigenvalue weighted by molar-refractivity contribution is 5.92. The van der Waals surface area contributed by atoms with Crippen LogP contribution in [-0.2, 0) is 12.0 Å². The lowest BCUT2D eigenvalue weighted by molar-refractivity contribution is 0.0944. The minimum absolute atomic E-state index is 0.0998. The monoisotopic (exact) mass is 343 g/mol. The molecule has 0 saturated carbocycles. The highest BCUT2D eigenvalue weighted by Gasteiger charge is 2.19. The van der Waals surface area contributed by atoms with E-state index in [0.29, 0.717) is 29.7 Å². The van der Waals surface area contributed by atoms with E-state index in [1.54, 1.807) is 22.9 Å². The Balaban J connectivity index is 1.73. The van der Waals surface area contributed by atoms with Crippen molar-refractivity contribution in [2.24, 2.45) is 0 Å². The predicted molar refractivity (Wildman–Crippen MR) is 90.4 cm³/mol. The van der Waals surface area contributed by atoms with Crippen LogP contribution in [-0.4, -0.2) is 42.3 Å². The number of H-pyrrole nitrogens is 1. The number of aromatic amines is 1. The van der Waals surface area contributed by atoms with Crippen LogP contribution in [0.4, 0.5) is 0 Å². The van der Waals surface area contributed by atoms with Crippen LogP contribution >= 0.6 is 0 Å². The molecule has 2 N–H and O–H groups in total. The SMILES string of the molecule is CCOc1nccn2c(CNC(=O)c3cc(C(C)(C)C)[nH]n3)nnc12. The third-order valence-electron chi connectivity index (χ3n) is 3.67. The standard InChI is InChI=1S/C16H21N7O2/c1-5-25-15-13-22-21-12(23(13)7-6-17-15)9-18-14(24)10-8-11(20-19-10)16(2,3)4/h6-8H,5,9H2,1-4H3,(H,18,24)(H,19,20). The number of hydrogen-bond donors (Lipinski definition) is 2. The van der Waals surface area contributed by atoms with E-state index in [4.69, 9.17) is 4.74 Å². The van der Waals surface area contributed by atoms with Gasteiger partial charge in [0, 0.05) is 23.5 Å². The van der Waals surface area contributed by atoms with E-state index in [-0.39, 0.29) is 17.9 Å². The van der Waals surface area contributed by atoms with Crippen LogP contribution in [0.5, 0.6) is 5.88 Å². The van der Waals surface area contributed by atoms with Crippen molar-refractivity contribution in [2.75, 3.05) is 6.61 Å². The summed E-state index contributed by atoms with van der Waals surface area (Å²) in [5.41, 5.74) is 1.66. The highest BCUT2D eigenvalue weighted by Crippen LogP contribution is 2.20. The second-order valence-electron chi connectivity index (χ2n) is 6.57. The van der Waals surface area contributed by atoms with Crippen molar-refractivity contribution in [1.82, 2.24) is 35.1 Å². The third kappa shape index (κ3) is 3.44. The minimum atomic E-state index is -0.275. The molecule has 0 saturated heterocycles. The van der Waals surface area contributed by atoms with Crippen LogP contribution in [0.15, 0.2) is 18.5 Å². The van der Waals surface area contributed by atoms with Crippen LogP contribution in [0.25, 0.3) is 5.65 Å². The second-order valence-corrected chi connectivity index (χ2v) is 6.57. The summed E-state index contributed by atoms with van der Waals surface area (Å²) in [6, 6.07) is 1.76. The van der Waals surface area contributed by atoms with Gasteiger partial charge in [0.25, 0.3) is 11.8 Å². The first-order chi connectivity index (χ1) is 11.9. The Bertz CT molecular complexity index is 891. The predicted octanol–water partition coefficient (Wildman–Crippen LogP) is 1.47. The molecule has 3 aromatic heterocycles. The molecular weight excluding hydrogens is 322 g/mol. The van der Waals surface area contributed by atoms with Crippen LogP contribution < -0.4 is 10.1 Å². The lowest BCUT2D eigenvalue weighted by atomic mass is 9.92. The van der Waals surface area contributed by atoms with Gasteiger partial charge in [-0.25, -0.2) is 4.98 Å². The summed E-state index contributed by atoms with van der Waals surface area (Å²) in [6.07, 6.45) is 3.33. The number of rotatable bonds is 5. The zero-order valence-corrected chi connectivity index (χ0v) is 14.7. The van der Waals surface area contributed by atoms with Crippen molar-refractivity contribution in [2.45, 2.75) is 39.7 Å². The van der Waals surface area contributed by atoms with Gasteiger partial charge in [-0.3, -0.25) is 14.3 Å². The van der Waals surface area contributed by atoms with Gasteiger partial charge in [0.2, 0.25) is 5.65 Å². The number of nitrogens with zero attached hydrogens (tertiary/aromatic N) is 5. The van der Waals surface area contributed by atoms with E-state index in [9.17, 15) is 4.79 Å². The molecule has 0 aliphatic heterocycles. The van der Waals surface area contributed by atoms with Gasteiger partial charge >= 0.3 is 0 Å². The molecule has 25 heavy (non-hydrogen) atoms. The van der Waals surface area contributed by atoms with E-state index in [1.165, 1.54) is 0 Å². The molecule has 9 heteroatoms. The van der Waals surface area contributed by atoms with Crippen LogP contribution in [0.3, 0.4) is 0 Å². The van der Waals surface area contributed by atoms with E-state index in [1.807, 2.05) is 6.92 Å². The lowest BCUT2D eigenvalue weighted by Crippen LogP contribution is -2.24. The Labute approximate surface area is 144 Å². The van der Waals surface area contributed by atoms with Crippen LogP contribution in [0.1, 0.15) is 49.7 Å². The Morgan fingerprint density at radius 2 is 2.16 bits per heavy atom. The fourth-order valence-corrected chi connectivity index (χ4v) is 2.28. The fraction of sp³-hybridized carbons (Fsp3) is 0.438. The normalized spacial score (nSPS) is 11.7. The maximum Gasteiger partial charge on any atom is 0.272 e. The molecule has 1 amide bonds. The van der Waals surface area contributed by atoms with E-state index in [0.717, 1.165) is 5.69 Å². The van der Waals surface area contributed by atoms with Crippen LogP contribution in [0.2, 0.25) is 0 Å². The maximum absolute atomic E-state index is 12.3. The molecule has 0 radical (unpaired) electrons. The topological polar surface area (TPSA) is 110 Å². The molecule has 3 heterocycles. The summed E-state index contributed by atoms with van der Waals surface area (Å²) >= 11 is 0. The quantitative estimate of drug-likeness (QED) is 0.726. The summed E-state index contributed by atoms with van der Waals surface area (Å²) < 4.78 is 7.17. The molecule has 0 aliphatic carbocycles. The average Bonchev–Trinajstić information content (AvgIpc) is 3.20. The van der Waals surface area contributed by atoms with Gasteiger partial charge in [-0.15, -0.1) is 10.2 Å². The summed E-state index contributed by atoms with van der Waals surface area (Å²) in [5.74, 6) is 0.720. The van der Waals surface area contributed by atoms with E-state index in [2.05, 4.69) is 51.5 Å². The average molecular weight is 343 g/mol. The highest BCUT2D eigenvalue weighted by atomic mass is 16.5. The van der Waals surface area contributed by atoms with Gasteiger partial charge in [-0.05, 0) is 13.0 Å². The van der Waals surface area contributed by atoms with Gasteiger partial charge in [0.05, 0.1) is 13.2 Å². The maximum atomic E-state index is 12.3. The van der Waals surface area contributed by atoms with E-state index < -0.39 is 0 Å². The Hall–Kier alpha value is -2.97. The number of amides is 1. The molecule has 0 spiro atoms. The summed E-state index contributed by atoms with van der Waals surface area (Å²) in [4.78, 5) is 16.4. The molecule has 132 valence electrons. The number of nitrogens with one attached hydrogen (secondary N) is 2. The van der Waals surface area contributed by atoms with Crippen molar-refractivity contribution in [3.63, 3.8) is 0 Å². The number of fused-ring (bicyclic) bond motifs is 1. The van der Waals surface area contributed by atoms with E-state index >= 15 is 0 Å². The van der Waals surface area contributed by atoms with Gasteiger partial charge < -0.3 is 10.1 Å². The van der Waals surface area contributed by atoms with Crippen LogP contribution in [0, 0.1) is 0 Å². The van der Waals surface area contributed by atoms with Crippen molar-refractivity contribution in [3.8, 4) is 5.88 Å². The number of aromatic nitrogens is 6. The Morgan fingerprint density at radius 1 is 1.36 bits per heavy atom. The molecular formula is C16H21N7O2. The third-order valence-corrected chi connectivity index (χ3v) is 3.67. The number of hydrogen-bond acceptors (Lipinski definition) is 6. The molecule has 0 atom stereocenters. The molecule has 9 nitrogen and oxygen atoms in total. The van der Waals surface area contributed by atoms with Crippen molar-refractivity contribution >= 4 is 11.6 Å². The molecule has 0 aromatic carbocycles. The molecule has 0 fully saturated rings. The molecule has 3 rings (SSSR count). The van der Waals surface area contributed by atoms with Crippen molar-refractivity contribution in [1.29, 1.82) is 0 Å². The molecule has 0 unspecified atom stereocenters. The summed E-state index contributed by atoms with van der Waals surface area (Å²) in [7, 11) is 0. The second kappa shape index (κ2) is 6.50. The largest absolute Gasteiger partial charge is 0.475 e. The smallest absolute Gasteiger partial charge is 0.272 e. The first-order valence-corrected chi connectivity index (χ1v) is 8.05. The van der Waals surface area contributed by atoms with Crippen molar-refractivity contribution < 1.29 is 9.53 Å². The molecule has 3 aromatic rings. The number of carbonyl (C=O) groups excluding carboxylic acids is 1. The Morgan fingerprint density at radius 3 is 2.84 bits per heavy atom. The number of carbonyl (C=O) groups is 1. The molecule has 0 bridgehead atoms. The van der Waals surface area contributed by atoms with Gasteiger partial charge in [0.15, 0.2) is 5.82 Å². The van der Waals surface area contributed by atoms with Crippen molar-refractivity contribution in [3.05, 3.63) is 35.7 Å². The molecule has 0 aliphatic rings. The first kappa shape index (κ1) is 16.9.